The molecule has 3 aromatic heterocycles. The zero-order valence-corrected chi connectivity index (χ0v) is 65.2. The molecule has 0 unspecified atom stereocenters. The molecule has 0 nitrogen and oxygen atoms in total. The Labute approximate surface area is 600 Å². The second kappa shape index (κ2) is 37.6. The van der Waals surface area contributed by atoms with Crippen LogP contribution in [0.3, 0.4) is 0 Å². The van der Waals surface area contributed by atoms with E-state index < -0.39 is 0 Å². The van der Waals surface area contributed by atoms with E-state index in [9.17, 15) is 0 Å². The van der Waals surface area contributed by atoms with Crippen molar-refractivity contribution in [3.8, 4) is 64.7 Å². The smallest absolute Gasteiger partial charge is 0.0345 e. The van der Waals surface area contributed by atoms with Crippen LogP contribution in [0.25, 0.3) is 64.7 Å². The molecule has 0 bridgehead atoms. The van der Waals surface area contributed by atoms with Crippen LogP contribution in [0.1, 0.15) is 382 Å². The van der Waals surface area contributed by atoms with Crippen LogP contribution in [-0.4, -0.2) is 0 Å². The highest BCUT2D eigenvalue weighted by Crippen LogP contribution is 2.72. The van der Waals surface area contributed by atoms with Gasteiger partial charge in [0, 0.05) is 30.9 Å². The van der Waals surface area contributed by atoms with E-state index in [4.69, 9.17) is 0 Å². The van der Waals surface area contributed by atoms with Crippen LogP contribution in [0, 0.1) is 0 Å². The van der Waals surface area contributed by atoms with Crippen molar-refractivity contribution in [2.45, 2.75) is 367 Å². The molecule has 0 spiro atoms. The Kier molecular flexibility index (Phi) is 29.2. The third-order valence-electron chi connectivity index (χ3n) is 23.9. The van der Waals surface area contributed by atoms with Gasteiger partial charge in [0.25, 0.3) is 0 Å². The molecule has 522 valence electrons. The van der Waals surface area contributed by atoms with Gasteiger partial charge in [0.2, 0.25) is 0 Å². The fraction of sp³-hybridized carbons (Fsp3) is 0.613. The minimum absolute atomic E-state index is 0.112. The SMILES string of the molecule is CCCCCCc1csc(-c2ccc3c(c2)C(CCCCCC)(CCCCCC)c2c-3c3c(c4c2-c2ccc(-c5cc(CCCCCC)cs5)cc2C4(CCCCCC)CCCCCC)-c2ccc(-c4cc(CCCCCC)cs4)cc2C3(CCCCCC)CCCCCC)c1. The topological polar surface area (TPSA) is 0 Å². The van der Waals surface area contributed by atoms with E-state index in [1.807, 2.05) is 50.7 Å². The standard InChI is InChI=1S/C93H132S3/c1-10-19-28-37-46-70-61-82(94-67-70)73-49-52-76-79(64-73)91(55-40-31-22-13-4,56-41-32-23-14-5)88-85(76)89-87(78-54-51-75(84-63-72(69-96-84)48-39-30-21-12-3)66-81(78)92(89,57-42-33-24-15-6)58-43-34-25-16-7)90-86(88)77-53-50-74(83-62-71(68-95-83)47-38-29-20-11-2)65-80(77)93(90,59-44-35-26-17-8)60-45-36-27-18-9/h49-54,61-69H,10-48,55-60H2,1-9H3. The molecule has 4 aromatic carbocycles. The van der Waals surface area contributed by atoms with E-state index in [-0.39, 0.29) is 16.2 Å². The van der Waals surface area contributed by atoms with Gasteiger partial charge in [-0.1, -0.05) is 311 Å². The molecule has 0 amide bonds. The first-order chi connectivity index (χ1) is 47.2. The highest BCUT2D eigenvalue weighted by Gasteiger charge is 2.58. The molecule has 0 saturated carbocycles. The minimum atomic E-state index is -0.112. The quantitative estimate of drug-likeness (QED) is 0.0334. The summed E-state index contributed by atoms with van der Waals surface area (Å²) in [6.07, 6.45) is 57.9. The normalized spacial score (nSPS) is 14.3. The predicted octanol–water partition coefficient (Wildman–Crippen LogP) is 31.9. The summed E-state index contributed by atoms with van der Waals surface area (Å²) in [5.41, 5.74) is 29.3. The molecule has 3 aliphatic rings. The second-order valence-electron chi connectivity index (χ2n) is 31.0. The maximum atomic E-state index is 2.87. The number of hydrogen-bond donors (Lipinski definition) is 0. The lowest BCUT2D eigenvalue weighted by atomic mass is 9.63. The summed E-state index contributed by atoms with van der Waals surface area (Å²) in [6, 6.07) is 32.7. The van der Waals surface area contributed by atoms with Crippen molar-refractivity contribution in [1.82, 2.24) is 0 Å². The van der Waals surface area contributed by atoms with Crippen LogP contribution in [0.4, 0.5) is 0 Å². The molecule has 7 aromatic rings. The van der Waals surface area contributed by atoms with Crippen LogP contribution in [0.15, 0.2) is 88.9 Å². The summed E-state index contributed by atoms with van der Waals surface area (Å²) < 4.78 is 0. The maximum Gasteiger partial charge on any atom is 0.0345 e. The lowest BCUT2D eigenvalue weighted by molar-refractivity contribution is 0.389. The molecule has 10 rings (SSSR count). The maximum absolute atomic E-state index is 2.87. The van der Waals surface area contributed by atoms with Crippen molar-refractivity contribution in [2.24, 2.45) is 0 Å². The van der Waals surface area contributed by atoms with Gasteiger partial charge in [0.05, 0.1) is 0 Å². The summed E-state index contributed by atoms with van der Waals surface area (Å²) in [4.78, 5) is 4.44. The van der Waals surface area contributed by atoms with E-state index in [1.165, 1.54) is 320 Å². The first-order valence-electron chi connectivity index (χ1n) is 41.2. The largest absolute Gasteiger partial charge is 0.144 e. The van der Waals surface area contributed by atoms with Crippen LogP contribution >= 0.6 is 34.0 Å². The van der Waals surface area contributed by atoms with Crippen molar-refractivity contribution < 1.29 is 0 Å². The fourth-order valence-corrected chi connectivity index (χ4v) is 21.5. The van der Waals surface area contributed by atoms with Crippen molar-refractivity contribution in [1.29, 1.82) is 0 Å². The Balaban J connectivity index is 1.35. The third-order valence-corrected chi connectivity index (χ3v) is 26.9. The number of aryl methyl sites for hydroxylation is 3. The van der Waals surface area contributed by atoms with Crippen LogP contribution in [-0.2, 0) is 35.5 Å². The predicted molar refractivity (Wildman–Crippen MR) is 431 cm³/mol. The van der Waals surface area contributed by atoms with Gasteiger partial charge < -0.3 is 0 Å². The summed E-state index contributed by atoms with van der Waals surface area (Å²) in [5.74, 6) is 0. The van der Waals surface area contributed by atoms with Crippen molar-refractivity contribution in [3.63, 3.8) is 0 Å². The Morgan fingerprint density at radius 3 is 0.677 bits per heavy atom. The van der Waals surface area contributed by atoms with Crippen molar-refractivity contribution >= 4 is 34.0 Å². The molecule has 3 heterocycles. The van der Waals surface area contributed by atoms with Crippen LogP contribution < -0.4 is 0 Å². The average molecular weight is 1350 g/mol. The number of unbranched alkanes of at least 4 members (excludes halogenated alkanes) is 27. The van der Waals surface area contributed by atoms with E-state index in [1.54, 1.807) is 66.8 Å². The van der Waals surface area contributed by atoms with Gasteiger partial charge in [-0.2, -0.15) is 0 Å². The molecule has 0 atom stereocenters. The number of benzene rings is 4. The number of hydrogen-bond acceptors (Lipinski definition) is 3. The molecule has 0 radical (unpaired) electrons. The van der Waals surface area contributed by atoms with Gasteiger partial charge >= 0.3 is 0 Å². The van der Waals surface area contributed by atoms with E-state index in [2.05, 4.69) is 151 Å². The van der Waals surface area contributed by atoms with Crippen molar-refractivity contribution in [2.75, 3.05) is 0 Å². The second-order valence-corrected chi connectivity index (χ2v) is 33.8. The molecule has 96 heavy (non-hydrogen) atoms. The molecule has 0 saturated heterocycles. The Morgan fingerprint density at radius 1 is 0.240 bits per heavy atom. The molecule has 0 fully saturated rings. The van der Waals surface area contributed by atoms with Gasteiger partial charge in [-0.3, -0.25) is 0 Å². The van der Waals surface area contributed by atoms with Gasteiger partial charge in [0.1, 0.15) is 0 Å². The average Bonchev–Trinajstić information content (AvgIpc) is 1.48. The van der Waals surface area contributed by atoms with Crippen molar-refractivity contribution in [3.05, 3.63) is 139 Å². The number of thiophene rings is 3. The Hall–Kier alpha value is -4.02. The van der Waals surface area contributed by atoms with Crippen LogP contribution in [0.2, 0.25) is 0 Å². The number of rotatable bonds is 48. The van der Waals surface area contributed by atoms with E-state index in [0.29, 0.717) is 0 Å². The van der Waals surface area contributed by atoms with E-state index in [0.717, 1.165) is 0 Å². The Bertz CT molecular complexity index is 3050. The minimum Gasteiger partial charge on any atom is -0.144 e. The molecule has 3 heteroatoms. The van der Waals surface area contributed by atoms with Gasteiger partial charge in [-0.15, -0.1) is 34.0 Å². The molecular formula is C93H132S3. The monoisotopic (exact) mass is 1340 g/mol. The lowest BCUT2D eigenvalue weighted by Crippen LogP contribution is -2.31. The third kappa shape index (κ3) is 16.8. The summed E-state index contributed by atoms with van der Waals surface area (Å²) >= 11 is 6.09. The summed E-state index contributed by atoms with van der Waals surface area (Å²) in [5, 5.41) is 7.59. The molecule has 3 aliphatic carbocycles. The first kappa shape index (κ1) is 74.7. The van der Waals surface area contributed by atoms with Crippen LogP contribution in [0.5, 0.6) is 0 Å². The Morgan fingerprint density at radius 2 is 0.458 bits per heavy atom. The fourth-order valence-electron chi connectivity index (χ4n) is 18.6. The summed E-state index contributed by atoms with van der Waals surface area (Å²) in [6.45, 7) is 21.7. The number of fused-ring (bicyclic) bond motifs is 12. The highest BCUT2D eigenvalue weighted by atomic mass is 32.1. The van der Waals surface area contributed by atoms with Gasteiger partial charge in [-0.25, -0.2) is 0 Å². The first-order valence-corrected chi connectivity index (χ1v) is 43.8. The van der Waals surface area contributed by atoms with Gasteiger partial charge in [-0.05, 0) is 230 Å². The summed E-state index contributed by atoms with van der Waals surface area (Å²) in [7, 11) is 0. The zero-order chi connectivity index (χ0) is 67.2. The molecule has 0 N–H and O–H groups in total. The zero-order valence-electron chi connectivity index (χ0n) is 62.7. The lowest BCUT2D eigenvalue weighted by Gasteiger charge is -2.40. The van der Waals surface area contributed by atoms with E-state index >= 15 is 0 Å². The highest BCUT2D eigenvalue weighted by molar-refractivity contribution is 7.14. The molecule has 0 aliphatic heterocycles. The van der Waals surface area contributed by atoms with Gasteiger partial charge in [0.15, 0.2) is 0 Å². The molecular weight excluding hydrogens is 1210 g/mol.